The molecule has 0 heterocycles. The minimum Gasteiger partial charge on any atom is -0.298 e. The van der Waals surface area contributed by atoms with E-state index >= 15 is 0 Å². The minimum atomic E-state index is 0.642. The first kappa shape index (κ1) is 12.2. The van der Waals surface area contributed by atoms with Gasteiger partial charge in [0.1, 0.15) is 0 Å². The highest BCUT2D eigenvalue weighted by molar-refractivity contribution is 6.17. The molecular weight excluding hydrogens is 170 g/mol. The first-order chi connectivity index (χ1) is 5.63. The molecule has 0 aliphatic carbocycles. The average Bonchev–Trinajstić information content (AvgIpc) is 2.04. The number of halogens is 1. The third kappa shape index (κ3) is 4.32. The van der Waals surface area contributed by atoms with Gasteiger partial charge in [-0.25, -0.2) is 0 Å². The maximum Gasteiger partial charge on any atom is 0.0235 e. The van der Waals surface area contributed by atoms with Crippen LogP contribution in [0, 0.1) is 0 Å². The Morgan fingerprint density at radius 1 is 1.25 bits per heavy atom. The molecule has 0 aromatic rings. The van der Waals surface area contributed by atoms with Gasteiger partial charge in [0, 0.05) is 18.0 Å². The van der Waals surface area contributed by atoms with E-state index in [1.807, 2.05) is 0 Å². The molecule has 0 saturated carbocycles. The smallest absolute Gasteiger partial charge is 0.0235 e. The van der Waals surface area contributed by atoms with Gasteiger partial charge in [-0.2, -0.15) is 0 Å². The standard InChI is InChI=1S/C10H22ClN/c1-5-10(4)12(9(2)3)8-6-7-11/h9-10H,5-8H2,1-4H3. The highest BCUT2D eigenvalue weighted by Crippen LogP contribution is 2.09. The topological polar surface area (TPSA) is 3.24 Å². The lowest BCUT2D eigenvalue weighted by Gasteiger charge is -2.31. The third-order valence-corrected chi connectivity index (χ3v) is 2.64. The van der Waals surface area contributed by atoms with Crippen molar-refractivity contribution in [1.82, 2.24) is 4.90 Å². The molecule has 0 aliphatic heterocycles. The number of hydrogen-bond acceptors (Lipinski definition) is 1. The fraction of sp³-hybridized carbons (Fsp3) is 1.00. The number of hydrogen-bond donors (Lipinski definition) is 0. The van der Waals surface area contributed by atoms with E-state index in [1.165, 1.54) is 6.42 Å². The van der Waals surface area contributed by atoms with Gasteiger partial charge < -0.3 is 0 Å². The summed E-state index contributed by atoms with van der Waals surface area (Å²) in [5.74, 6) is 0.777. The van der Waals surface area contributed by atoms with Crippen molar-refractivity contribution in [2.45, 2.75) is 52.6 Å². The summed E-state index contributed by atoms with van der Waals surface area (Å²) in [5, 5.41) is 0. The van der Waals surface area contributed by atoms with Crippen LogP contribution in [0.15, 0.2) is 0 Å². The molecule has 0 aliphatic rings. The lowest BCUT2D eigenvalue weighted by Crippen LogP contribution is -2.39. The maximum absolute atomic E-state index is 5.67. The van der Waals surface area contributed by atoms with Crippen LogP contribution in [0.5, 0.6) is 0 Å². The zero-order valence-corrected chi connectivity index (χ0v) is 9.56. The summed E-state index contributed by atoms with van der Waals surface area (Å²) in [7, 11) is 0. The van der Waals surface area contributed by atoms with Crippen molar-refractivity contribution in [3.05, 3.63) is 0 Å². The van der Waals surface area contributed by atoms with Gasteiger partial charge in [0.25, 0.3) is 0 Å². The van der Waals surface area contributed by atoms with Gasteiger partial charge >= 0.3 is 0 Å². The molecule has 0 N–H and O–H groups in total. The molecule has 0 radical (unpaired) electrons. The Labute approximate surface area is 82.1 Å². The van der Waals surface area contributed by atoms with E-state index in [2.05, 4.69) is 32.6 Å². The molecular formula is C10H22ClN. The van der Waals surface area contributed by atoms with E-state index in [4.69, 9.17) is 11.6 Å². The van der Waals surface area contributed by atoms with Crippen molar-refractivity contribution in [2.24, 2.45) is 0 Å². The molecule has 0 fully saturated rings. The summed E-state index contributed by atoms with van der Waals surface area (Å²) in [6, 6.07) is 1.33. The van der Waals surface area contributed by atoms with Gasteiger partial charge in [-0.15, -0.1) is 11.6 Å². The molecule has 0 aromatic heterocycles. The lowest BCUT2D eigenvalue weighted by molar-refractivity contribution is 0.161. The summed E-state index contributed by atoms with van der Waals surface area (Å²) in [4.78, 5) is 2.52. The van der Waals surface area contributed by atoms with Crippen LogP contribution in [0.25, 0.3) is 0 Å². The average molecular weight is 192 g/mol. The Hall–Kier alpha value is 0.250. The van der Waals surface area contributed by atoms with Crippen LogP contribution < -0.4 is 0 Å². The van der Waals surface area contributed by atoms with Crippen molar-refractivity contribution in [3.63, 3.8) is 0 Å². The second kappa shape index (κ2) is 6.73. The molecule has 0 amide bonds. The number of rotatable bonds is 6. The first-order valence-electron chi connectivity index (χ1n) is 4.95. The summed E-state index contributed by atoms with van der Waals surface area (Å²) >= 11 is 5.67. The molecule has 12 heavy (non-hydrogen) atoms. The molecule has 0 aromatic carbocycles. The molecule has 0 bridgehead atoms. The Balaban J connectivity index is 3.85. The van der Waals surface area contributed by atoms with Gasteiger partial charge in [-0.3, -0.25) is 4.90 Å². The summed E-state index contributed by atoms with van der Waals surface area (Å²) < 4.78 is 0. The fourth-order valence-electron chi connectivity index (χ4n) is 1.46. The van der Waals surface area contributed by atoms with E-state index in [9.17, 15) is 0 Å². The minimum absolute atomic E-state index is 0.642. The van der Waals surface area contributed by atoms with Gasteiger partial charge in [0.05, 0.1) is 0 Å². The highest BCUT2D eigenvalue weighted by atomic mass is 35.5. The van der Waals surface area contributed by atoms with Crippen LogP contribution in [0.3, 0.4) is 0 Å². The van der Waals surface area contributed by atoms with Gasteiger partial charge in [0.2, 0.25) is 0 Å². The molecule has 0 spiro atoms. The second-order valence-corrected chi connectivity index (χ2v) is 4.01. The van der Waals surface area contributed by atoms with Crippen LogP contribution in [0.2, 0.25) is 0 Å². The Bertz CT molecular complexity index is 104. The molecule has 2 heteroatoms. The third-order valence-electron chi connectivity index (χ3n) is 2.37. The zero-order valence-electron chi connectivity index (χ0n) is 8.81. The van der Waals surface area contributed by atoms with E-state index in [0.29, 0.717) is 12.1 Å². The van der Waals surface area contributed by atoms with Crippen LogP contribution in [-0.2, 0) is 0 Å². The Morgan fingerprint density at radius 3 is 2.17 bits per heavy atom. The normalized spacial score (nSPS) is 14.2. The van der Waals surface area contributed by atoms with Crippen LogP contribution in [0.1, 0.15) is 40.5 Å². The second-order valence-electron chi connectivity index (χ2n) is 3.63. The summed E-state index contributed by atoms with van der Waals surface area (Å²) in [6.45, 7) is 10.2. The van der Waals surface area contributed by atoms with E-state index in [1.54, 1.807) is 0 Å². The van der Waals surface area contributed by atoms with E-state index in [0.717, 1.165) is 18.8 Å². The monoisotopic (exact) mass is 191 g/mol. The van der Waals surface area contributed by atoms with Gasteiger partial charge in [0.15, 0.2) is 0 Å². The largest absolute Gasteiger partial charge is 0.298 e. The predicted molar refractivity (Wildman–Crippen MR) is 56.9 cm³/mol. The molecule has 1 atom stereocenters. The molecule has 1 unspecified atom stereocenters. The predicted octanol–water partition coefficient (Wildman–Crippen LogP) is 3.12. The molecule has 0 saturated heterocycles. The number of nitrogens with zero attached hydrogens (tertiary/aromatic N) is 1. The molecule has 0 rings (SSSR count). The Morgan fingerprint density at radius 2 is 1.83 bits per heavy atom. The zero-order chi connectivity index (χ0) is 9.56. The maximum atomic E-state index is 5.67. The van der Waals surface area contributed by atoms with Crippen molar-refractivity contribution < 1.29 is 0 Å². The summed E-state index contributed by atoms with van der Waals surface area (Å²) in [5.41, 5.74) is 0. The highest BCUT2D eigenvalue weighted by Gasteiger charge is 2.14. The SMILES string of the molecule is CCC(C)N(CCCCl)C(C)C. The summed E-state index contributed by atoms with van der Waals surface area (Å²) in [6.07, 6.45) is 2.32. The molecule has 1 nitrogen and oxygen atoms in total. The Kier molecular flexibility index (Phi) is 6.87. The van der Waals surface area contributed by atoms with Crippen molar-refractivity contribution in [3.8, 4) is 0 Å². The van der Waals surface area contributed by atoms with Crippen molar-refractivity contribution in [2.75, 3.05) is 12.4 Å². The van der Waals surface area contributed by atoms with Crippen LogP contribution in [0.4, 0.5) is 0 Å². The number of alkyl halides is 1. The van der Waals surface area contributed by atoms with Crippen LogP contribution in [-0.4, -0.2) is 29.4 Å². The van der Waals surface area contributed by atoms with E-state index < -0.39 is 0 Å². The van der Waals surface area contributed by atoms with Crippen LogP contribution >= 0.6 is 11.6 Å². The van der Waals surface area contributed by atoms with Gasteiger partial charge in [-0.1, -0.05) is 6.92 Å². The fourth-order valence-corrected chi connectivity index (χ4v) is 1.58. The lowest BCUT2D eigenvalue weighted by atomic mass is 10.1. The molecule has 74 valence electrons. The quantitative estimate of drug-likeness (QED) is 0.584. The van der Waals surface area contributed by atoms with Crippen molar-refractivity contribution in [1.29, 1.82) is 0 Å². The van der Waals surface area contributed by atoms with Gasteiger partial charge in [-0.05, 0) is 40.2 Å². The first-order valence-corrected chi connectivity index (χ1v) is 5.48. The van der Waals surface area contributed by atoms with Crippen molar-refractivity contribution >= 4 is 11.6 Å². The van der Waals surface area contributed by atoms with E-state index in [-0.39, 0.29) is 0 Å².